The van der Waals surface area contributed by atoms with E-state index < -0.39 is 0 Å². The third-order valence-corrected chi connectivity index (χ3v) is 4.87. The molecule has 8 nitrogen and oxygen atoms in total. The van der Waals surface area contributed by atoms with Crippen LogP contribution in [-0.4, -0.2) is 68.8 Å². The zero-order valence-electron chi connectivity index (χ0n) is 17.2. The second-order valence-corrected chi connectivity index (χ2v) is 7.35. The molecule has 0 fully saturated rings. The van der Waals surface area contributed by atoms with Crippen LogP contribution >= 0.6 is 0 Å². The fraction of sp³-hybridized carbons (Fsp3) is 0.381. The van der Waals surface area contributed by atoms with Crippen LogP contribution < -0.4 is 9.64 Å². The van der Waals surface area contributed by atoms with Crippen LogP contribution in [0.25, 0.3) is 0 Å². The van der Waals surface area contributed by atoms with Gasteiger partial charge < -0.3 is 19.0 Å². The molecule has 1 N–H and O–H groups in total. The van der Waals surface area contributed by atoms with Crippen LogP contribution in [0.2, 0.25) is 0 Å². The van der Waals surface area contributed by atoms with Crippen molar-refractivity contribution in [2.45, 2.75) is 12.5 Å². The maximum absolute atomic E-state index is 13.0. The minimum atomic E-state index is -0.299. The van der Waals surface area contributed by atoms with E-state index in [2.05, 4.69) is 5.10 Å². The second-order valence-electron chi connectivity index (χ2n) is 7.35. The normalized spacial score (nSPS) is 17.0. The molecule has 1 aliphatic heterocycles. The SMILES string of the molecule is COc1ccc(C2=NN(C(=O)C[NH+](C)CC(=O)N(C)C)[C@H](c3ccco3)C2)cc1. The Balaban J connectivity index is 1.78. The maximum Gasteiger partial charge on any atom is 0.298 e. The van der Waals surface area contributed by atoms with Gasteiger partial charge in [0.15, 0.2) is 13.1 Å². The number of furan rings is 1. The molecule has 29 heavy (non-hydrogen) atoms. The van der Waals surface area contributed by atoms with Crippen LogP contribution in [0.4, 0.5) is 0 Å². The molecule has 154 valence electrons. The molecular weight excluding hydrogens is 372 g/mol. The Morgan fingerprint density at radius 2 is 1.97 bits per heavy atom. The van der Waals surface area contributed by atoms with Gasteiger partial charge in [-0.15, -0.1) is 0 Å². The summed E-state index contributed by atoms with van der Waals surface area (Å²) >= 11 is 0. The molecule has 0 spiro atoms. The van der Waals surface area contributed by atoms with Crippen molar-refractivity contribution in [3.05, 3.63) is 54.0 Å². The highest BCUT2D eigenvalue weighted by molar-refractivity contribution is 6.03. The predicted octanol–water partition coefficient (Wildman–Crippen LogP) is 0.569. The summed E-state index contributed by atoms with van der Waals surface area (Å²) < 4.78 is 10.8. The molecule has 2 atom stereocenters. The van der Waals surface area contributed by atoms with Crippen molar-refractivity contribution in [2.75, 3.05) is 41.3 Å². The van der Waals surface area contributed by atoms with Crippen molar-refractivity contribution in [2.24, 2.45) is 5.10 Å². The maximum atomic E-state index is 13.0. The molecule has 0 radical (unpaired) electrons. The fourth-order valence-electron chi connectivity index (χ4n) is 3.22. The van der Waals surface area contributed by atoms with Gasteiger partial charge in [-0.3, -0.25) is 9.59 Å². The van der Waals surface area contributed by atoms with E-state index in [9.17, 15) is 9.59 Å². The van der Waals surface area contributed by atoms with Crippen molar-refractivity contribution in [1.82, 2.24) is 9.91 Å². The third-order valence-electron chi connectivity index (χ3n) is 4.87. The molecule has 0 aliphatic carbocycles. The van der Waals surface area contributed by atoms with Crippen LogP contribution in [0.3, 0.4) is 0 Å². The van der Waals surface area contributed by atoms with Crippen molar-refractivity contribution in [3.8, 4) is 5.75 Å². The van der Waals surface area contributed by atoms with Crippen LogP contribution in [0.5, 0.6) is 5.75 Å². The standard InChI is InChI=1S/C21H26N4O4/c1-23(2)20(26)13-24(3)14-21(27)25-18(19-6-5-11-29-19)12-17(22-25)15-7-9-16(28-4)10-8-15/h5-11,18H,12-14H2,1-4H3/p+1/t18-/m0/s1. The highest BCUT2D eigenvalue weighted by Gasteiger charge is 2.36. The minimum Gasteiger partial charge on any atom is -0.497 e. The zero-order chi connectivity index (χ0) is 21.0. The lowest BCUT2D eigenvalue weighted by molar-refractivity contribution is -0.863. The summed E-state index contributed by atoms with van der Waals surface area (Å²) in [4.78, 5) is 27.3. The Morgan fingerprint density at radius 1 is 1.24 bits per heavy atom. The molecule has 3 rings (SSSR count). The Bertz CT molecular complexity index is 875. The van der Waals surface area contributed by atoms with Gasteiger partial charge in [0, 0.05) is 20.5 Å². The van der Waals surface area contributed by atoms with Crippen molar-refractivity contribution < 1.29 is 23.6 Å². The average molecular weight is 399 g/mol. The van der Waals surface area contributed by atoms with Gasteiger partial charge in [0.05, 0.1) is 26.1 Å². The number of benzene rings is 1. The highest BCUT2D eigenvalue weighted by Crippen LogP contribution is 2.33. The Labute approximate surface area is 170 Å². The van der Waals surface area contributed by atoms with E-state index >= 15 is 0 Å². The zero-order valence-corrected chi connectivity index (χ0v) is 17.2. The molecule has 0 saturated carbocycles. The number of nitrogens with zero attached hydrogens (tertiary/aromatic N) is 3. The van der Waals surface area contributed by atoms with Crippen LogP contribution in [0.1, 0.15) is 23.8 Å². The van der Waals surface area contributed by atoms with E-state index in [1.54, 1.807) is 33.5 Å². The molecule has 1 aromatic carbocycles. The van der Waals surface area contributed by atoms with Gasteiger partial charge in [-0.25, -0.2) is 5.01 Å². The number of carbonyl (C=O) groups excluding carboxylic acids is 2. The predicted molar refractivity (Wildman–Crippen MR) is 108 cm³/mol. The number of nitrogens with one attached hydrogen (secondary N) is 1. The number of ether oxygens (including phenoxy) is 1. The quantitative estimate of drug-likeness (QED) is 0.738. The van der Waals surface area contributed by atoms with E-state index in [-0.39, 0.29) is 30.9 Å². The lowest BCUT2D eigenvalue weighted by Crippen LogP contribution is -3.11. The van der Waals surface area contributed by atoms with Crippen LogP contribution in [0.15, 0.2) is 52.2 Å². The number of amides is 2. The van der Waals surface area contributed by atoms with Crippen LogP contribution in [0, 0.1) is 0 Å². The topological polar surface area (TPSA) is 79.8 Å². The van der Waals surface area contributed by atoms with Crippen molar-refractivity contribution in [3.63, 3.8) is 0 Å². The third kappa shape index (κ3) is 4.83. The molecule has 1 unspecified atom stereocenters. The lowest BCUT2D eigenvalue weighted by atomic mass is 10.0. The van der Waals surface area contributed by atoms with Crippen molar-refractivity contribution in [1.29, 1.82) is 0 Å². The molecule has 1 aliphatic rings. The van der Waals surface area contributed by atoms with Gasteiger partial charge in [0.25, 0.3) is 11.8 Å². The second kappa shape index (κ2) is 8.91. The highest BCUT2D eigenvalue weighted by atomic mass is 16.5. The number of methoxy groups -OCH3 is 1. The molecule has 8 heteroatoms. The molecule has 2 heterocycles. The fourth-order valence-corrected chi connectivity index (χ4v) is 3.22. The molecule has 2 aromatic rings. The summed E-state index contributed by atoms with van der Waals surface area (Å²) in [5.74, 6) is 1.27. The van der Waals surface area contributed by atoms with Crippen LogP contribution in [-0.2, 0) is 9.59 Å². The summed E-state index contributed by atoms with van der Waals surface area (Å²) in [6, 6.07) is 11.0. The summed E-state index contributed by atoms with van der Waals surface area (Å²) in [5.41, 5.74) is 1.74. The number of carbonyl (C=O) groups is 2. The van der Waals surface area contributed by atoms with Gasteiger partial charge in [0.1, 0.15) is 17.6 Å². The summed E-state index contributed by atoms with van der Waals surface area (Å²) in [6.07, 6.45) is 2.15. The lowest BCUT2D eigenvalue weighted by Gasteiger charge is -2.22. The first-order chi connectivity index (χ1) is 13.9. The summed E-state index contributed by atoms with van der Waals surface area (Å²) in [7, 11) is 6.85. The molecule has 2 amide bonds. The smallest absolute Gasteiger partial charge is 0.298 e. The Morgan fingerprint density at radius 3 is 2.55 bits per heavy atom. The first-order valence-electron chi connectivity index (χ1n) is 9.48. The monoisotopic (exact) mass is 399 g/mol. The number of quaternary nitrogens is 1. The van der Waals surface area contributed by atoms with Crippen molar-refractivity contribution >= 4 is 17.5 Å². The minimum absolute atomic E-state index is 0.0262. The van der Waals surface area contributed by atoms with E-state index in [0.29, 0.717) is 12.2 Å². The van der Waals surface area contributed by atoms with Gasteiger partial charge in [-0.05, 0) is 42.0 Å². The van der Waals surface area contributed by atoms with E-state index in [1.807, 2.05) is 37.4 Å². The van der Waals surface area contributed by atoms with Gasteiger partial charge in [-0.2, -0.15) is 5.10 Å². The number of hydrogen-bond donors (Lipinski definition) is 1. The number of rotatable bonds is 7. The summed E-state index contributed by atoms with van der Waals surface area (Å²) in [6.45, 7) is 0.406. The Hall–Kier alpha value is -3.13. The Kier molecular flexibility index (Phi) is 6.33. The molecule has 0 saturated heterocycles. The molecule has 1 aromatic heterocycles. The van der Waals surface area contributed by atoms with E-state index in [1.165, 1.54) is 9.91 Å². The van der Waals surface area contributed by atoms with Gasteiger partial charge in [0.2, 0.25) is 0 Å². The largest absolute Gasteiger partial charge is 0.497 e. The average Bonchev–Trinajstić information content (AvgIpc) is 3.37. The van der Waals surface area contributed by atoms with E-state index in [4.69, 9.17) is 9.15 Å². The van der Waals surface area contributed by atoms with Gasteiger partial charge >= 0.3 is 0 Å². The number of hydrazone groups is 1. The molecular formula is C21H27N4O4+. The first kappa shape index (κ1) is 20.6. The molecule has 0 bridgehead atoms. The summed E-state index contributed by atoms with van der Waals surface area (Å²) in [5, 5.41) is 6.10. The number of likely N-dealkylation sites (N-methyl/N-ethyl adjacent to an activating group) is 2. The first-order valence-corrected chi connectivity index (χ1v) is 9.48. The number of hydrogen-bond acceptors (Lipinski definition) is 5. The van der Waals surface area contributed by atoms with Gasteiger partial charge in [-0.1, -0.05) is 0 Å². The van der Waals surface area contributed by atoms with E-state index in [0.717, 1.165) is 21.9 Å².